The molecule has 0 radical (unpaired) electrons. The van der Waals surface area contributed by atoms with E-state index in [9.17, 15) is 13.2 Å². The Morgan fingerprint density at radius 1 is 1.15 bits per heavy atom. The molecular weight excluding hydrogens is 276 g/mol. The van der Waals surface area contributed by atoms with Crippen molar-refractivity contribution in [3.8, 4) is 0 Å². The number of sulfonamides is 1. The first-order valence-electron chi connectivity index (χ1n) is 6.98. The number of nitrogens with zero attached hydrogens (tertiary/aromatic N) is 1. The minimum absolute atomic E-state index is 0.0136. The number of hydrogen-bond acceptors (Lipinski definition) is 3. The van der Waals surface area contributed by atoms with E-state index in [-0.39, 0.29) is 23.4 Å². The van der Waals surface area contributed by atoms with E-state index in [2.05, 4.69) is 26.1 Å². The maximum Gasteiger partial charge on any atom is 0.235 e. The van der Waals surface area contributed by atoms with Crippen LogP contribution < -0.4 is 5.32 Å². The Morgan fingerprint density at radius 3 is 1.85 bits per heavy atom. The van der Waals surface area contributed by atoms with Crippen LogP contribution in [-0.2, 0) is 14.8 Å². The summed E-state index contributed by atoms with van der Waals surface area (Å²) >= 11 is 0. The second kappa shape index (κ2) is 4.98. The molecule has 0 unspecified atom stereocenters. The zero-order valence-corrected chi connectivity index (χ0v) is 14.5. The molecular formula is C14H28N2O3S. The Labute approximate surface area is 123 Å². The van der Waals surface area contributed by atoms with Gasteiger partial charge in [-0.25, -0.2) is 8.42 Å². The first-order valence-corrected chi connectivity index (χ1v) is 8.83. The molecule has 0 aromatic rings. The van der Waals surface area contributed by atoms with Crippen LogP contribution in [0.3, 0.4) is 0 Å². The van der Waals surface area contributed by atoms with Crippen molar-refractivity contribution < 1.29 is 13.2 Å². The van der Waals surface area contributed by atoms with Crippen LogP contribution in [-0.4, -0.2) is 42.5 Å². The monoisotopic (exact) mass is 304 g/mol. The predicted molar refractivity (Wildman–Crippen MR) is 80.9 cm³/mol. The molecule has 118 valence electrons. The third-order valence-corrected chi connectivity index (χ3v) is 5.48. The summed E-state index contributed by atoms with van der Waals surface area (Å²) in [5, 5.41) is 3.04. The second-order valence-corrected chi connectivity index (χ2v) is 9.73. The molecule has 1 amide bonds. The van der Waals surface area contributed by atoms with Gasteiger partial charge in [-0.05, 0) is 39.0 Å². The molecule has 1 saturated carbocycles. The molecule has 0 aromatic heterocycles. The van der Waals surface area contributed by atoms with Crippen molar-refractivity contribution in [1.82, 2.24) is 9.62 Å². The van der Waals surface area contributed by atoms with E-state index in [4.69, 9.17) is 0 Å². The highest BCUT2D eigenvalue weighted by atomic mass is 32.2. The second-order valence-electron chi connectivity index (χ2n) is 7.82. The molecule has 1 aliphatic carbocycles. The van der Waals surface area contributed by atoms with Crippen LogP contribution in [0.5, 0.6) is 0 Å². The first-order chi connectivity index (χ1) is 8.69. The lowest BCUT2D eigenvalue weighted by Gasteiger charge is -2.35. The Kier molecular flexibility index (Phi) is 4.34. The van der Waals surface area contributed by atoms with Gasteiger partial charge in [-0.15, -0.1) is 0 Å². The third-order valence-electron chi connectivity index (χ3n) is 4.00. The maximum absolute atomic E-state index is 12.2. The SMILES string of the molecule is CC(C)(C)N(CC(=O)NC1(C(C)(C)C)CC1)S(C)(=O)=O. The fourth-order valence-electron chi connectivity index (χ4n) is 2.48. The van der Waals surface area contributed by atoms with E-state index in [1.165, 1.54) is 4.31 Å². The van der Waals surface area contributed by atoms with Crippen molar-refractivity contribution in [2.75, 3.05) is 12.8 Å². The number of rotatable bonds is 4. The molecule has 1 rings (SSSR count). The average molecular weight is 304 g/mol. The van der Waals surface area contributed by atoms with Gasteiger partial charge in [0.2, 0.25) is 15.9 Å². The molecule has 0 aliphatic heterocycles. The Hall–Kier alpha value is -0.620. The highest BCUT2D eigenvalue weighted by molar-refractivity contribution is 7.88. The van der Waals surface area contributed by atoms with Gasteiger partial charge in [0.1, 0.15) is 0 Å². The van der Waals surface area contributed by atoms with Gasteiger partial charge in [-0.3, -0.25) is 4.79 Å². The summed E-state index contributed by atoms with van der Waals surface area (Å²) in [4.78, 5) is 12.2. The summed E-state index contributed by atoms with van der Waals surface area (Å²) in [5.41, 5.74) is -0.797. The molecule has 0 bridgehead atoms. The van der Waals surface area contributed by atoms with E-state index in [0.29, 0.717) is 0 Å². The molecule has 0 atom stereocenters. The zero-order chi connectivity index (χ0) is 16.0. The molecule has 0 heterocycles. The van der Waals surface area contributed by atoms with E-state index in [1.807, 2.05) is 0 Å². The first kappa shape index (κ1) is 17.4. The van der Waals surface area contributed by atoms with Crippen LogP contribution in [0.1, 0.15) is 54.4 Å². The van der Waals surface area contributed by atoms with Crippen molar-refractivity contribution in [3.63, 3.8) is 0 Å². The predicted octanol–water partition coefficient (Wildman–Crippen LogP) is 1.74. The topological polar surface area (TPSA) is 66.5 Å². The van der Waals surface area contributed by atoms with Crippen molar-refractivity contribution in [1.29, 1.82) is 0 Å². The summed E-state index contributed by atoms with van der Waals surface area (Å²) in [6, 6.07) is 0. The number of nitrogens with one attached hydrogen (secondary N) is 1. The molecule has 5 nitrogen and oxygen atoms in total. The number of carbonyl (C=O) groups is 1. The highest BCUT2D eigenvalue weighted by Crippen LogP contribution is 2.49. The average Bonchev–Trinajstić information content (AvgIpc) is 2.90. The van der Waals surface area contributed by atoms with Crippen molar-refractivity contribution in [2.24, 2.45) is 5.41 Å². The van der Waals surface area contributed by atoms with Crippen molar-refractivity contribution >= 4 is 15.9 Å². The van der Waals surface area contributed by atoms with E-state index >= 15 is 0 Å². The number of hydrogen-bond donors (Lipinski definition) is 1. The van der Waals surface area contributed by atoms with Gasteiger partial charge in [0.05, 0.1) is 12.8 Å². The molecule has 1 N–H and O–H groups in total. The minimum atomic E-state index is -3.42. The summed E-state index contributed by atoms with van der Waals surface area (Å²) in [6.45, 7) is 11.5. The van der Waals surface area contributed by atoms with Crippen LogP contribution >= 0.6 is 0 Å². The molecule has 1 aliphatic rings. The smallest absolute Gasteiger partial charge is 0.235 e. The van der Waals surface area contributed by atoms with Crippen molar-refractivity contribution in [2.45, 2.75) is 65.5 Å². The van der Waals surface area contributed by atoms with Gasteiger partial charge >= 0.3 is 0 Å². The molecule has 6 heteroatoms. The number of carbonyl (C=O) groups excluding carboxylic acids is 1. The lowest BCUT2D eigenvalue weighted by Crippen LogP contribution is -2.54. The fraction of sp³-hybridized carbons (Fsp3) is 0.929. The quantitative estimate of drug-likeness (QED) is 0.860. The van der Waals surface area contributed by atoms with Gasteiger partial charge in [0, 0.05) is 11.1 Å². The molecule has 0 aromatic carbocycles. The van der Waals surface area contributed by atoms with Gasteiger partial charge < -0.3 is 5.32 Å². The lowest BCUT2D eigenvalue weighted by molar-refractivity contribution is -0.123. The Balaban J connectivity index is 2.80. The van der Waals surface area contributed by atoms with Crippen LogP contribution in [0.4, 0.5) is 0 Å². The number of amides is 1. The lowest BCUT2D eigenvalue weighted by atomic mass is 9.84. The maximum atomic E-state index is 12.2. The minimum Gasteiger partial charge on any atom is -0.349 e. The highest BCUT2D eigenvalue weighted by Gasteiger charge is 2.53. The van der Waals surface area contributed by atoms with Gasteiger partial charge in [-0.2, -0.15) is 4.31 Å². The Morgan fingerprint density at radius 2 is 1.60 bits per heavy atom. The molecule has 20 heavy (non-hydrogen) atoms. The summed E-state index contributed by atoms with van der Waals surface area (Å²) in [7, 11) is -3.42. The summed E-state index contributed by atoms with van der Waals surface area (Å²) < 4.78 is 24.9. The van der Waals surface area contributed by atoms with Crippen LogP contribution in [0.2, 0.25) is 0 Å². The van der Waals surface area contributed by atoms with Gasteiger partial charge in [-0.1, -0.05) is 20.8 Å². The standard InChI is InChI=1S/C14H28N2O3S/c1-12(2,3)14(8-9-14)15-11(17)10-16(13(4,5)6)20(7,18)19/h8-10H2,1-7H3,(H,15,17). The molecule has 1 fully saturated rings. The largest absolute Gasteiger partial charge is 0.349 e. The summed E-state index contributed by atoms with van der Waals surface area (Å²) in [6.07, 6.45) is 3.05. The third kappa shape index (κ3) is 3.95. The van der Waals surface area contributed by atoms with E-state index in [0.717, 1.165) is 19.1 Å². The fourth-order valence-corrected chi connectivity index (χ4v) is 3.82. The van der Waals surface area contributed by atoms with Crippen molar-refractivity contribution in [3.05, 3.63) is 0 Å². The van der Waals surface area contributed by atoms with Crippen LogP contribution in [0.15, 0.2) is 0 Å². The zero-order valence-electron chi connectivity index (χ0n) is 13.7. The van der Waals surface area contributed by atoms with Crippen LogP contribution in [0, 0.1) is 5.41 Å². The van der Waals surface area contributed by atoms with E-state index in [1.54, 1.807) is 20.8 Å². The summed E-state index contributed by atoms with van der Waals surface area (Å²) in [5.74, 6) is -0.224. The van der Waals surface area contributed by atoms with Crippen LogP contribution in [0.25, 0.3) is 0 Å². The Bertz CT molecular complexity index is 480. The molecule has 0 spiro atoms. The normalized spacial score (nSPS) is 19.0. The van der Waals surface area contributed by atoms with Gasteiger partial charge in [0.25, 0.3) is 0 Å². The molecule has 0 saturated heterocycles. The van der Waals surface area contributed by atoms with Gasteiger partial charge in [0.15, 0.2) is 0 Å². The van der Waals surface area contributed by atoms with E-state index < -0.39 is 15.6 Å².